The molecule has 156 valence electrons. The summed E-state index contributed by atoms with van der Waals surface area (Å²) in [7, 11) is 1.67. The lowest BCUT2D eigenvalue weighted by molar-refractivity contribution is 0.0173. The molecule has 1 aromatic heterocycles. The van der Waals surface area contributed by atoms with Crippen LogP contribution >= 0.6 is 0 Å². The van der Waals surface area contributed by atoms with Gasteiger partial charge in [-0.25, -0.2) is 0 Å². The summed E-state index contributed by atoms with van der Waals surface area (Å²) in [5.41, 5.74) is 0.728. The summed E-state index contributed by atoms with van der Waals surface area (Å²) in [6.45, 7) is 12.1. The van der Waals surface area contributed by atoms with Gasteiger partial charge in [0.1, 0.15) is 0 Å². The first-order chi connectivity index (χ1) is 13.2. The van der Waals surface area contributed by atoms with E-state index in [0.29, 0.717) is 38.9 Å². The topological polar surface area (TPSA) is 65.8 Å². The number of hydrogen-bond acceptors (Lipinski definition) is 6. The van der Waals surface area contributed by atoms with Crippen molar-refractivity contribution >= 4 is 5.78 Å². The fourth-order valence-electron chi connectivity index (χ4n) is 2.95. The highest BCUT2D eigenvalue weighted by atomic mass is 16.5. The fraction of sp³-hybridized carbons (Fsp3) is 0.800. The predicted octanol–water partition coefficient (Wildman–Crippen LogP) is 2.82. The molecule has 1 aliphatic rings. The van der Waals surface area contributed by atoms with Gasteiger partial charge >= 0.3 is 0 Å². The van der Waals surface area contributed by atoms with E-state index in [4.69, 9.17) is 14.2 Å². The van der Waals surface area contributed by atoms with Crippen molar-refractivity contribution in [1.82, 2.24) is 14.7 Å². The lowest BCUT2D eigenvalue weighted by Gasteiger charge is -2.31. The van der Waals surface area contributed by atoms with E-state index in [2.05, 4.69) is 10.00 Å². The number of nitrogens with zero attached hydrogens (tertiary/aromatic N) is 3. The molecule has 0 spiro atoms. The number of Topliss-reactive ketones (excluding diaryl/α,β-unsaturated/α-hetero) is 1. The zero-order valence-corrected chi connectivity index (χ0v) is 17.5. The van der Waals surface area contributed by atoms with Gasteiger partial charge in [-0.2, -0.15) is 5.10 Å². The first kappa shape index (κ1) is 23.8. The molecule has 2 heterocycles. The molecule has 1 aliphatic heterocycles. The number of methoxy groups -OCH3 is 1. The number of piperidine rings is 1. The number of carbonyl (C=O) groups excluding carboxylic acids is 1. The van der Waals surface area contributed by atoms with E-state index < -0.39 is 0 Å². The molecule has 0 atom stereocenters. The molecule has 2 rings (SSSR count). The molecule has 7 heteroatoms. The highest BCUT2D eigenvalue weighted by Gasteiger charge is 2.21. The van der Waals surface area contributed by atoms with Crippen LogP contribution in [0, 0.1) is 0 Å². The standard InChI is InChI=1S/C18H31N3O4.C2H6/c1-3-18(22)16-14-19-21(15-16)17-4-6-20(7-5-17)8-9-24-12-13-25-11-10-23-2;1-2/h14-15,17H,3-13H2,1-2H3;1-2H3. The second kappa shape index (κ2) is 14.7. The van der Waals surface area contributed by atoms with Crippen LogP contribution in [0.1, 0.15) is 56.4 Å². The number of ketones is 1. The van der Waals surface area contributed by atoms with Crippen molar-refractivity contribution in [2.45, 2.75) is 46.1 Å². The first-order valence-electron chi connectivity index (χ1n) is 10.2. The average molecular weight is 384 g/mol. The maximum Gasteiger partial charge on any atom is 0.165 e. The van der Waals surface area contributed by atoms with Crippen molar-refractivity contribution in [3.8, 4) is 0 Å². The van der Waals surface area contributed by atoms with E-state index in [1.807, 2.05) is 31.6 Å². The van der Waals surface area contributed by atoms with Crippen molar-refractivity contribution < 1.29 is 19.0 Å². The summed E-state index contributed by atoms with van der Waals surface area (Å²) in [5, 5.41) is 4.38. The average Bonchev–Trinajstić information content (AvgIpc) is 3.21. The summed E-state index contributed by atoms with van der Waals surface area (Å²) in [6.07, 6.45) is 6.24. The number of carbonyl (C=O) groups is 1. The quantitative estimate of drug-likeness (QED) is 0.408. The fourth-order valence-corrected chi connectivity index (χ4v) is 2.95. The zero-order chi connectivity index (χ0) is 19.9. The van der Waals surface area contributed by atoms with E-state index in [9.17, 15) is 4.79 Å². The maximum absolute atomic E-state index is 11.7. The van der Waals surface area contributed by atoms with E-state index in [0.717, 1.165) is 44.6 Å². The summed E-state index contributed by atoms with van der Waals surface area (Å²) in [6, 6.07) is 0.393. The van der Waals surface area contributed by atoms with Crippen LogP contribution in [0.2, 0.25) is 0 Å². The molecule has 1 fully saturated rings. The Hall–Kier alpha value is -1.28. The lowest BCUT2D eigenvalue weighted by atomic mass is 10.1. The van der Waals surface area contributed by atoms with Crippen LogP contribution in [0.3, 0.4) is 0 Å². The van der Waals surface area contributed by atoms with Crippen LogP contribution in [0.15, 0.2) is 12.4 Å². The minimum atomic E-state index is 0.159. The predicted molar refractivity (Wildman–Crippen MR) is 106 cm³/mol. The van der Waals surface area contributed by atoms with Gasteiger partial charge in [-0.3, -0.25) is 9.48 Å². The summed E-state index contributed by atoms with van der Waals surface area (Å²) in [4.78, 5) is 14.1. The second-order valence-corrected chi connectivity index (χ2v) is 6.28. The highest BCUT2D eigenvalue weighted by molar-refractivity contribution is 5.95. The Bertz CT molecular complexity index is 499. The van der Waals surface area contributed by atoms with Gasteiger partial charge in [0.2, 0.25) is 0 Å². The highest BCUT2D eigenvalue weighted by Crippen LogP contribution is 2.22. The molecule has 0 saturated carbocycles. The third-order valence-corrected chi connectivity index (χ3v) is 4.53. The van der Waals surface area contributed by atoms with Crippen LogP contribution in [-0.2, 0) is 14.2 Å². The third-order valence-electron chi connectivity index (χ3n) is 4.53. The molecule has 27 heavy (non-hydrogen) atoms. The Morgan fingerprint density at radius 3 is 2.37 bits per heavy atom. The molecule has 0 radical (unpaired) electrons. The number of aromatic nitrogens is 2. The van der Waals surface area contributed by atoms with Gasteiger partial charge in [-0.1, -0.05) is 20.8 Å². The van der Waals surface area contributed by atoms with Crippen molar-refractivity contribution in [1.29, 1.82) is 0 Å². The minimum absolute atomic E-state index is 0.159. The smallest absolute Gasteiger partial charge is 0.165 e. The Morgan fingerprint density at radius 2 is 1.74 bits per heavy atom. The number of rotatable bonds is 12. The summed E-state index contributed by atoms with van der Waals surface area (Å²) >= 11 is 0. The van der Waals surface area contributed by atoms with Gasteiger partial charge in [-0.15, -0.1) is 0 Å². The van der Waals surface area contributed by atoms with Crippen LogP contribution in [-0.4, -0.2) is 80.2 Å². The normalized spacial score (nSPS) is 15.4. The van der Waals surface area contributed by atoms with Crippen LogP contribution < -0.4 is 0 Å². The molecule has 0 aromatic carbocycles. The van der Waals surface area contributed by atoms with E-state index in [1.54, 1.807) is 13.3 Å². The van der Waals surface area contributed by atoms with Gasteiger partial charge in [0.05, 0.1) is 50.8 Å². The largest absolute Gasteiger partial charge is 0.382 e. The number of likely N-dealkylation sites (tertiary alicyclic amines) is 1. The maximum atomic E-state index is 11.7. The molecule has 7 nitrogen and oxygen atoms in total. The van der Waals surface area contributed by atoms with E-state index in [1.165, 1.54) is 0 Å². The lowest BCUT2D eigenvalue weighted by Crippen LogP contribution is -2.37. The van der Waals surface area contributed by atoms with Crippen molar-refractivity contribution in [3.05, 3.63) is 18.0 Å². The molecule has 0 unspecified atom stereocenters. The zero-order valence-electron chi connectivity index (χ0n) is 17.5. The molecular formula is C20H37N3O4. The summed E-state index contributed by atoms with van der Waals surface area (Å²) < 4.78 is 17.8. The van der Waals surface area contributed by atoms with E-state index >= 15 is 0 Å². The van der Waals surface area contributed by atoms with Crippen molar-refractivity contribution in [2.24, 2.45) is 0 Å². The van der Waals surface area contributed by atoms with E-state index in [-0.39, 0.29) is 5.78 Å². The van der Waals surface area contributed by atoms with Gasteiger partial charge in [-0.05, 0) is 12.8 Å². The number of ether oxygens (including phenoxy) is 3. The molecule has 0 aliphatic carbocycles. The monoisotopic (exact) mass is 383 g/mol. The SMILES string of the molecule is CC.CCC(=O)c1cnn(C2CCN(CCOCCOCCOC)CC2)c1. The van der Waals surface area contributed by atoms with Gasteiger partial charge in [0, 0.05) is 39.4 Å². The Labute approximate surface area is 164 Å². The molecule has 1 saturated heterocycles. The summed E-state index contributed by atoms with van der Waals surface area (Å²) in [5.74, 6) is 0.159. The third kappa shape index (κ3) is 8.97. The molecule has 0 amide bonds. The van der Waals surface area contributed by atoms with Gasteiger partial charge in [0.25, 0.3) is 0 Å². The van der Waals surface area contributed by atoms with Crippen molar-refractivity contribution in [3.63, 3.8) is 0 Å². The molecule has 0 bridgehead atoms. The Morgan fingerprint density at radius 1 is 1.11 bits per heavy atom. The van der Waals surface area contributed by atoms with Gasteiger partial charge in [0.15, 0.2) is 5.78 Å². The number of hydrogen-bond donors (Lipinski definition) is 0. The van der Waals surface area contributed by atoms with Crippen LogP contribution in [0.25, 0.3) is 0 Å². The van der Waals surface area contributed by atoms with Gasteiger partial charge < -0.3 is 19.1 Å². The van der Waals surface area contributed by atoms with Crippen LogP contribution in [0.4, 0.5) is 0 Å². The molecule has 0 N–H and O–H groups in total. The van der Waals surface area contributed by atoms with Crippen LogP contribution in [0.5, 0.6) is 0 Å². The van der Waals surface area contributed by atoms with Crippen molar-refractivity contribution in [2.75, 3.05) is 59.8 Å². The Balaban J connectivity index is 0.00000176. The Kier molecular flexibility index (Phi) is 13.0. The second-order valence-electron chi connectivity index (χ2n) is 6.28. The molecular weight excluding hydrogens is 346 g/mol. The minimum Gasteiger partial charge on any atom is -0.382 e. The first-order valence-corrected chi connectivity index (χ1v) is 10.2. The molecule has 1 aromatic rings.